The summed E-state index contributed by atoms with van der Waals surface area (Å²) in [5, 5.41) is 12.1. The van der Waals surface area contributed by atoms with Crippen molar-refractivity contribution < 1.29 is 9.18 Å². The molecule has 34 heavy (non-hydrogen) atoms. The van der Waals surface area contributed by atoms with E-state index >= 15 is 0 Å². The SMILES string of the molecule is Cn1cc(-n2nc(-c3ccc(Cl)cc3)cc(C(=O)NC3CCCc4ccc(F)cc43)c2=O)cn1. The molecule has 1 amide bonds. The molecule has 4 aromatic rings. The molecule has 2 heterocycles. The fraction of sp³-hybridized carbons (Fsp3) is 0.200. The van der Waals surface area contributed by atoms with Crippen molar-refractivity contribution in [2.24, 2.45) is 7.05 Å². The van der Waals surface area contributed by atoms with E-state index in [9.17, 15) is 14.0 Å². The number of halogens is 2. The van der Waals surface area contributed by atoms with Gasteiger partial charge in [-0.1, -0.05) is 29.8 Å². The van der Waals surface area contributed by atoms with Crippen LogP contribution >= 0.6 is 11.6 Å². The molecule has 2 aromatic heterocycles. The van der Waals surface area contributed by atoms with Crippen molar-refractivity contribution in [3.63, 3.8) is 0 Å². The number of aryl methyl sites for hydroxylation is 2. The maximum absolute atomic E-state index is 13.9. The fourth-order valence-corrected chi connectivity index (χ4v) is 4.39. The molecule has 0 radical (unpaired) electrons. The zero-order chi connectivity index (χ0) is 23.8. The lowest BCUT2D eigenvalue weighted by atomic mass is 9.87. The minimum absolute atomic E-state index is 0.0627. The summed E-state index contributed by atoms with van der Waals surface area (Å²) in [5.41, 5.74) is 2.68. The summed E-state index contributed by atoms with van der Waals surface area (Å²) in [6.07, 6.45) is 5.49. The monoisotopic (exact) mass is 477 g/mol. The third-order valence-electron chi connectivity index (χ3n) is 5.96. The van der Waals surface area contributed by atoms with Crippen LogP contribution in [0.25, 0.3) is 16.9 Å². The summed E-state index contributed by atoms with van der Waals surface area (Å²) in [6, 6.07) is 12.7. The topological polar surface area (TPSA) is 81.8 Å². The molecule has 0 aliphatic heterocycles. The van der Waals surface area contributed by atoms with Crippen LogP contribution < -0.4 is 10.9 Å². The molecule has 5 rings (SSSR count). The first-order valence-electron chi connectivity index (χ1n) is 10.9. The Balaban J connectivity index is 1.57. The molecule has 0 saturated heterocycles. The molecule has 1 N–H and O–H groups in total. The molecule has 0 saturated carbocycles. The van der Waals surface area contributed by atoms with Gasteiger partial charge in [-0.05, 0) is 60.7 Å². The second kappa shape index (κ2) is 8.87. The van der Waals surface area contributed by atoms with Gasteiger partial charge in [0.2, 0.25) is 0 Å². The van der Waals surface area contributed by atoms with Crippen LogP contribution in [0.1, 0.15) is 40.4 Å². The number of nitrogens with zero attached hydrogens (tertiary/aromatic N) is 4. The number of nitrogens with one attached hydrogen (secondary N) is 1. The van der Waals surface area contributed by atoms with Crippen molar-refractivity contribution in [1.82, 2.24) is 24.9 Å². The van der Waals surface area contributed by atoms with Gasteiger partial charge in [0.15, 0.2) is 0 Å². The second-order valence-corrected chi connectivity index (χ2v) is 8.74. The van der Waals surface area contributed by atoms with Crippen LogP contribution in [0.4, 0.5) is 4.39 Å². The number of carbonyl (C=O) groups is 1. The Morgan fingerprint density at radius 1 is 1.18 bits per heavy atom. The second-order valence-electron chi connectivity index (χ2n) is 8.30. The van der Waals surface area contributed by atoms with Gasteiger partial charge in [0.05, 0.1) is 24.1 Å². The molecule has 0 fully saturated rings. The predicted octanol–water partition coefficient (Wildman–Crippen LogP) is 4.23. The maximum Gasteiger partial charge on any atom is 0.284 e. The van der Waals surface area contributed by atoms with E-state index in [1.807, 2.05) is 0 Å². The van der Waals surface area contributed by atoms with Crippen molar-refractivity contribution in [2.75, 3.05) is 0 Å². The van der Waals surface area contributed by atoms with Crippen molar-refractivity contribution >= 4 is 17.5 Å². The van der Waals surface area contributed by atoms with E-state index in [0.29, 0.717) is 28.4 Å². The number of rotatable bonds is 4. The van der Waals surface area contributed by atoms with Gasteiger partial charge in [-0.3, -0.25) is 14.3 Å². The van der Waals surface area contributed by atoms with Crippen LogP contribution in [0.15, 0.2) is 65.7 Å². The quantitative estimate of drug-likeness (QED) is 0.477. The molecule has 0 bridgehead atoms. The van der Waals surface area contributed by atoms with E-state index < -0.39 is 11.5 Å². The molecule has 1 aliphatic carbocycles. The van der Waals surface area contributed by atoms with Crippen LogP contribution in [-0.4, -0.2) is 25.5 Å². The number of benzene rings is 2. The normalized spacial score (nSPS) is 15.1. The lowest BCUT2D eigenvalue weighted by Crippen LogP contribution is -2.36. The Hall–Kier alpha value is -3.78. The summed E-state index contributed by atoms with van der Waals surface area (Å²) in [5.74, 6) is -0.893. The lowest BCUT2D eigenvalue weighted by Gasteiger charge is -2.26. The first-order valence-corrected chi connectivity index (χ1v) is 11.3. The van der Waals surface area contributed by atoms with Gasteiger partial charge in [0.1, 0.15) is 17.1 Å². The van der Waals surface area contributed by atoms with E-state index in [2.05, 4.69) is 15.5 Å². The third-order valence-corrected chi connectivity index (χ3v) is 6.21. The standard InChI is InChI=1S/C25H21ClFN5O2/c1-31-14-19(13-28-31)32-25(34)21(12-23(30-32)16-5-8-17(26)9-6-16)24(33)29-22-4-2-3-15-7-10-18(27)11-20(15)22/h5-14,22H,2-4H2,1H3,(H,29,33). The van der Waals surface area contributed by atoms with Gasteiger partial charge >= 0.3 is 0 Å². The molecule has 172 valence electrons. The third kappa shape index (κ3) is 4.24. The average Bonchev–Trinajstić information content (AvgIpc) is 3.26. The van der Waals surface area contributed by atoms with Gasteiger partial charge in [0.25, 0.3) is 11.5 Å². The summed E-state index contributed by atoms with van der Waals surface area (Å²) < 4.78 is 16.6. The highest BCUT2D eigenvalue weighted by molar-refractivity contribution is 6.30. The molecule has 0 spiro atoms. The molecule has 9 heteroatoms. The Morgan fingerprint density at radius 3 is 2.71 bits per heavy atom. The lowest BCUT2D eigenvalue weighted by molar-refractivity contribution is 0.0930. The van der Waals surface area contributed by atoms with Crippen molar-refractivity contribution in [3.8, 4) is 16.9 Å². The van der Waals surface area contributed by atoms with Gasteiger partial charge < -0.3 is 5.32 Å². The van der Waals surface area contributed by atoms with E-state index in [1.165, 1.54) is 29.1 Å². The molecule has 7 nitrogen and oxygen atoms in total. The van der Waals surface area contributed by atoms with Crippen molar-refractivity contribution in [2.45, 2.75) is 25.3 Å². The Morgan fingerprint density at radius 2 is 1.97 bits per heavy atom. The largest absolute Gasteiger partial charge is 0.345 e. The van der Waals surface area contributed by atoms with E-state index in [-0.39, 0.29) is 17.4 Å². The molecule has 1 aliphatic rings. The highest BCUT2D eigenvalue weighted by Crippen LogP contribution is 2.30. The van der Waals surface area contributed by atoms with Crippen LogP contribution in [0.3, 0.4) is 0 Å². The molecule has 1 unspecified atom stereocenters. The molecule has 2 aromatic carbocycles. The number of amides is 1. The minimum atomic E-state index is -0.571. The fourth-order valence-electron chi connectivity index (χ4n) is 4.27. The Labute approximate surface area is 199 Å². The average molecular weight is 478 g/mol. The highest BCUT2D eigenvalue weighted by atomic mass is 35.5. The molecular formula is C25H21ClFN5O2. The van der Waals surface area contributed by atoms with Crippen molar-refractivity contribution in [1.29, 1.82) is 0 Å². The number of carbonyl (C=O) groups excluding carboxylic acids is 1. The maximum atomic E-state index is 13.9. The van der Waals surface area contributed by atoms with E-state index in [0.717, 1.165) is 24.0 Å². The molecular weight excluding hydrogens is 457 g/mol. The van der Waals surface area contributed by atoms with Gasteiger partial charge in [-0.25, -0.2) is 4.39 Å². The van der Waals surface area contributed by atoms with Crippen LogP contribution in [0.5, 0.6) is 0 Å². The summed E-state index contributed by atoms with van der Waals surface area (Å²) in [6.45, 7) is 0. The Kier molecular flexibility index (Phi) is 5.75. The first kappa shape index (κ1) is 22.0. The Bertz CT molecular complexity index is 1440. The van der Waals surface area contributed by atoms with Crippen LogP contribution in [0, 0.1) is 5.82 Å². The zero-order valence-corrected chi connectivity index (χ0v) is 19.1. The number of fused-ring (bicyclic) bond motifs is 1. The number of aromatic nitrogens is 4. The first-order chi connectivity index (χ1) is 16.4. The van der Waals surface area contributed by atoms with E-state index in [4.69, 9.17) is 11.6 Å². The van der Waals surface area contributed by atoms with Crippen LogP contribution in [-0.2, 0) is 13.5 Å². The number of hydrogen-bond acceptors (Lipinski definition) is 4. The number of hydrogen-bond donors (Lipinski definition) is 1. The summed E-state index contributed by atoms with van der Waals surface area (Å²) in [4.78, 5) is 26.7. The van der Waals surface area contributed by atoms with Gasteiger partial charge in [-0.2, -0.15) is 14.9 Å². The summed E-state index contributed by atoms with van der Waals surface area (Å²) in [7, 11) is 1.73. The smallest absolute Gasteiger partial charge is 0.284 e. The van der Waals surface area contributed by atoms with E-state index in [1.54, 1.807) is 48.3 Å². The zero-order valence-electron chi connectivity index (χ0n) is 18.3. The summed E-state index contributed by atoms with van der Waals surface area (Å²) >= 11 is 6.02. The van der Waals surface area contributed by atoms with Crippen molar-refractivity contribution in [3.05, 3.63) is 98.8 Å². The minimum Gasteiger partial charge on any atom is -0.345 e. The van der Waals surface area contributed by atoms with Gasteiger partial charge in [0, 0.05) is 17.6 Å². The van der Waals surface area contributed by atoms with Crippen LogP contribution in [0.2, 0.25) is 5.02 Å². The molecule has 1 atom stereocenters. The van der Waals surface area contributed by atoms with Gasteiger partial charge in [-0.15, -0.1) is 0 Å². The predicted molar refractivity (Wildman–Crippen MR) is 127 cm³/mol. The highest BCUT2D eigenvalue weighted by Gasteiger charge is 2.25.